The second-order valence-electron chi connectivity index (χ2n) is 7.58. The highest BCUT2D eigenvalue weighted by Crippen LogP contribution is 2.39. The minimum absolute atomic E-state index is 0.151. The van der Waals surface area contributed by atoms with Gasteiger partial charge in [-0.25, -0.2) is 4.98 Å². The first-order chi connectivity index (χ1) is 15.5. The summed E-state index contributed by atoms with van der Waals surface area (Å²) in [5, 5.41) is 0.827. The van der Waals surface area contributed by atoms with Crippen molar-refractivity contribution in [2.75, 3.05) is 18.1 Å². The number of ether oxygens (including phenoxy) is 2. The van der Waals surface area contributed by atoms with Crippen LogP contribution >= 0.6 is 11.3 Å². The predicted octanol–water partition coefficient (Wildman–Crippen LogP) is 4.64. The van der Waals surface area contributed by atoms with Gasteiger partial charge < -0.3 is 9.47 Å². The van der Waals surface area contributed by atoms with Crippen LogP contribution in [0.15, 0.2) is 42.6 Å². The second kappa shape index (κ2) is 9.48. The Morgan fingerprint density at radius 3 is 2.88 bits per heavy atom. The first kappa shape index (κ1) is 22.0. The summed E-state index contributed by atoms with van der Waals surface area (Å²) in [6.07, 6.45) is 2.79. The molecule has 32 heavy (non-hydrogen) atoms. The first-order valence-corrected chi connectivity index (χ1v) is 11.5. The predicted molar refractivity (Wildman–Crippen MR) is 124 cm³/mol. The highest BCUT2D eigenvalue weighted by Gasteiger charge is 2.33. The lowest BCUT2D eigenvalue weighted by molar-refractivity contribution is -0.143. The molecule has 3 heterocycles. The van der Waals surface area contributed by atoms with Crippen molar-refractivity contribution in [2.24, 2.45) is 0 Å². The summed E-state index contributed by atoms with van der Waals surface area (Å²) < 4.78 is 11.1. The lowest BCUT2D eigenvalue weighted by Gasteiger charge is -2.32. The fraction of sp³-hybridized carbons (Fsp3) is 0.333. The maximum atomic E-state index is 12.8. The smallest absolute Gasteiger partial charge is 0.326 e. The minimum Gasteiger partial charge on any atom is -0.479 e. The number of esters is 1. The number of rotatable bonds is 7. The van der Waals surface area contributed by atoms with Crippen LogP contribution in [0.4, 0.5) is 5.69 Å². The number of aromatic nitrogens is 2. The lowest BCUT2D eigenvalue weighted by Crippen LogP contribution is -2.47. The summed E-state index contributed by atoms with van der Waals surface area (Å²) in [4.78, 5) is 36.8. The molecule has 0 N–H and O–H groups in total. The molecule has 1 atom stereocenters. The van der Waals surface area contributed by atoms with Crippen LogP contribution in [0, 0.1) is 6.92 Å². The van der Waals surface area contributed by atoms with E-state index in [4.69, 9.17) is 14.5 Å². The maximum absolute atomic E-state index is 12.8. The van der Waals surface area contributed by atoms with Crippen molar-refractivity contribution < 1.29 is 19.1 Å². The fourth-order valence-electron chi connectivity index (χ4n) is 3.49. The minimum atomic E-state index is -0.673. The van der Waals surface area contributed by atoms with E-state index < -0.39 is 12.1 Å². The van der Waals surface area contributed by atoms with Crippen molar-refractivity contribution in [1.82, 2.24) is 9.97 Å². The van der Waals surface area contributed by atoms with Crippen LogP contribution in [0.1, 0.15) is 31.6 Å². The zero-order chi connectivity index (χ0) is 22.7. The number of hydrogen-bond donors (Lipinski definition) is 0. The van der Waals surface area contributed by atoms with Crippen molar-refractivity contribution in [3.8, 4) is 27.7 Å². The number of thiazole rings is 1. The van der Waals surface area contributed by atoms with Gasteiger partial charge in [-0.3, -0.25) is 19.5 Å². The number of unbranched alkanes of at least 4 members (excludes halogenated alkanes) is 1. The third-order valence-electron chi connectivity index (χ3n) is 5.17. The molecule has 166 valence electrons. The third kappa shape index (κ3) is 4.50. The van der Waals surface area contributed by atoms with Gasteiger partial charge in [0.2, 0.25) is 0 Å². The highest BCUT2D eigenvalue weighted by atomic mass is 32.1. The van der Waals surface area contributed by atoms with Crippen LogP contribution in [0.5, 0.6) is 5.75 Å². The molecular formula is C24H25N3O4S. The summed E-state index contributed by atoms with van der Waals surface area (Å²) in [6, 6.07) is 11.3. The number of amides is 1. The van der Waals surface area contributed by atoms with Crippen LogP contribution in [0.2, 0.25) is 0 Å². The van der Waals surface area contributed by atoms with E-state index >= 15 is 0 Å². The van der Waals surface area contributed by atoms with Crippen LogP contribution in [-0.2, 0) is 14.3 Å². The molecule has 0 saturated carbocycles. The zero-order valence-corrected chi connectivity index (χ0v) is 19.1. The van der Waals surface area contributed by atoms with E-state index in [1.165, 1.54) is 4.90 Å². The van der Waals surface area contributed by atoms with Gasteiger partial charge in [-0.05, 0) is 50.6 Å². The van der Waals surface area contributed by atoms with Crippen molar-refractivity contribution in [1.29, 1.82) is 0 Å². The van der Waals surface area contributed by atoms with Gasteiger partial charge in [-0.1, -0.05) is 19.4 Å². The van der Waals surface area contributed by atoms with Gasteiger partial charge in [0.15, 0.2) is 6.10 Å². The summed E-state index contributed by atoms with van der Waals surface area (Å²) in [6.45, 7) is 5.91. The largest absolute Gasteiger partial charge is 0.479 e. The number of aryl methyl sites for hydroxylation is 1. The highest BCUT2D eigenvalue weighted by molar-refractivity contribution is 7.15. The normalized spacial score (nSPS) is 15.3. The molecule has 0 bridgehead atoms. The topological polar surface area (TPSA) is 81.6 Å². The standard InChI is InChI=1S/C24H25N3O4S/c1-4-5-12-30-21(28)14-27-19-13-17(9-10-20(19)31-15(2)24(27)29)22-16(3)32-23(26-22)18-8-6-7-11-25-18/h6-11,13,15H,4-5,12,14H2,1-3H3. The van der Waals surface area contributed by atoms with E-state index in [9.17, 15) is 9.59 Å². The Morgan fingerprint density at radius 2 is 2.12 bits per heavy atom. The van der Waals surface area contributed by atoms with Gasteiger partial charge in [0.1, 0.15) is 17.3 Å². The average Bonchev–Trinajstić information content (AvgIpc) is 3.19. The number of benzene rings is 1. The number of nitrogens with zero attached hydrogens (tertiary/aromatic N) is 3. The number of pyridine rings is 1. The van der Waals surface area contributed by atoms with E-state index in [-0.39, 0.29) is 12.5 Å². The van der Waals surface area contributed by atoms with Crippen LogP contribution in [-0.4, -0.2) is 41.1 Å². The molecule has 1 aliphatic heterocycles. The summed E-state index contributed by atoms with van der Waals surface area (Å²) in [5.41, 5.74) is 3.02. The van der Waals surface area contributed by atoms with E-state index in [1.54, 1.807) is 24.5 Å². The van der Waals surface area contributed by atoms with E-state index in [0.29, 0.717) is 18.0 Å². The molecule has 3 aromatic rings. The van der Waals surface area contributed by atoms with Gasteiger partial charge in [0.05, 0.1) is 23.7 Å². The Bertz CT molecular complexity index is 1130. The van der Waals surface area contributed by atoms with Crippen LogP contribution < -0.4 is 9.64 Å². The Balaban J connectivity index is 1.65. The second-order valence-corrected chi connectivity index (χ2v) is 8.78. The number of hydrogen-bond acceptors (Lipinski definition) is 7. The van der Waals surface area contributed by atoms with Gasteiger partial charge in [0.25, 0.3) is 5.91 Å². The molecule has 4 rings (SSSR count). The average molecular weight is 452 g/mol. The molecule has 0 aliphatic carbocycles. The number of fused-ring (bicyclic) bond motifs is 1. The third-order valence-corrected chi connectivity index (χ3v) is 6.16. The molecule has 0 fully saturated rings. The van der Waals surface area contributed by atoms with Gasteiger partial charge >= 0.3 is 5.97 Å². The molecule has 7 nitrogen and oxygen atoms in total. The van der Waals surface area contributed by atoms with Gasteiger partial charge in [-0.15, -0.1) is 11.3 Å². The zero-order valence-electron chi connectivity index (χ0n) is 18.3. The fourth-order valence-corrected chi connectivity index (χ4v) is 4.40. The Hall–Kier alpha value is -3.26. The van der Waals surface area contributed by atoms with Gasteiger partial charge in [-0.2, -0.15) is 0 Å². The Morgan fingerprint density at radius 1 is 1.28 bits per heavy atom. The molecular weight excluding hydrogens is 426 g/mol. The van der Waals surface area contributed by atoms with Crippen LogP contribution in [0.3, 0.4) is 0 Å². The maximum Gasteiger partial charge on any atom is 0.326 e. The molecule has 1 aromatic carbocycles. The molecule has 2 aromatic heterocycles. The molecule has 8 heteroatoms. The molecule has 0 spiro atoms. The molecule has 0 radical (unpaired) electrons. The number of carbonyl (C=O) groups is 2. The number of anilines is 1. The molecule has 1 amide bonds. The van der Waals surface area contributed by atoms with Crippen molar-refractivity contribution >= 4 is 28.9 Å². The first-order valence-electron chi connectivity index (χ1n) is 10.6. The van der Waals surface area contributed by atoms with Crippen molar-refractivity contribution in [3.63, 3.8) is 0 Å². The molecule has 1 aliphatic rings. The van der Waals surface area contributed by atoms with Crippen molar-refractivity contribution in [2.45, 2.75) is 39.7 Å². The summed E-state index contributed by atoms with van der Waals surface area (Å²) in [5.74, 6) is -0.147. The quantitative estimate of drug-likeness (QED) is 0.385. The van der Waals surface area contributed by atoms with E-state index in [2.05, 4.69) is 4.98 Å². The monoisotopic (exact) mass is 451 g/mol. The Kier molecular flexibility index (Phi) is 6.50. The van der Waals surface area contributed by atoms with E-state index in [1.807, 2.05) is 50.2 Å². The number of carbonyl (C=O) groups excluding carboxylic acids is 2. The van der Waals surface area contributed by atoms with E-state index in [0.717, 1.165) is 39.7 Å². The summed E-state index contributed by atoms with van der Waals surface area (Å²) >= 11 is 1.56. The van der Waals surface area contributed by atoms with Crippen LogP contribution in [0.25, 0.3) is 22.0 Å². The molecule has 1 unspecified atom stereocenters. The SMILES string of the molecule is CCCCOC(=O)CN1C(=O)C(C)Oc2ccc(-c3nc(-c4ccccn4)sc3C)cc21. The lowest BCUT2D eigenvalue weighted by atomic mass is 10.1. The van der Waals surface area contributed by atoms with Crippen molar-refractivity contribution in [3.05, 3.63) is 47.5 Å². The van der Waals surface area contributed by atoms with Gasteiger partial charge in [0, 0.05) is 16.6 Å². The molecule has 0 saturated heterocycles. The summed E-state index contributed by atoms with van der Waals surface area (Å²) in [7, 11) is 0. The Labute approximate surface area is 191 Å².